The number of pyridine rings is 1. The van der Waals surface area contributed by atoms with Crippen molar-refractivity contribution in [3.63, 3.8) is 0 Å². The van der Waals surface area contributed by atoms with Crippen molar-refractivity contribution in [2.45, 2.75) is 25.0 Å². The summed E-state index contributed by atoms with van der Waals surface area (Å²) in [5.74, 6) is -0.0277. The normalized spacial score (nSPS) is 11.1. The number of hydrogen-bond acceptors (Lipinski definition) is 6. The molecule has 2 aromatic heterocycles. The molecule has 0 aliphatic heterocycles. The molecule has 0 bridgehead atoms. The lowest BCUT2D eigenvalue weighted by Gasteiger charge is -2.10. The number of nitrogens with one attached hydrogen (secondary N) is 2. The van der Waals surface area contributed by atoms with Gasteiger partial charge in [-0.25, -0.2) is 13.4 Å². The molecule has 0 fully saturated rings. The minimum absolute atomic E-state index is 0.0582. The van der Waals surface area contributed by atoms with E-state index in [1.807, 2.05) is 49.4 Å². The Kier molecular flexibility index (Phi) is 7.24. The van der Waals surface area contributed by atoms with Crippen LogP contribution in [0.2, 0.25) is 0 Å². The smallest absolute Gasteiger partial charge is 0.263 e. The Morgan fingerprint density at radius 1 is 1.00 bits per heavy atom. The summed E-state index contributed by atoms with van der Waals surface area (Å²) in [7, 11) is -3.91. The van der Waals surface area contributed by atoms with Gasteiger partial charge in [-0.2, -0.15) is 0 Å². The Balaban J connectivity index is 1.39. The maximum atomic E-state index is 12.9. The first-order chi connectivity index (χ1) is 16.4. The number of anilines is 1. The molecule has 0 saturated carbocycles. The highest BCUT2D eigenvalue weighted by molar-refractivity contribution is 7.93. The van der Waals surface area contributed by atoms with Crippen LogP contribution in [0.25, 0.3) is 0 Å². The van der Waals surface area contributed by atoms with Crippen LogP contribution < -0.4 is 14.8 Å². The molecule has 7 nitrogen and oxygen atoms in total. The fourth-order valence-corrected chi connectivity index (χ4v) is 5.54. The molecule has 0 atom stereocenters. The van der Waals surface area contributed by atoms with Crippen LogP contribution >= 0.6 is 11.3 Å². The maximum Gasteiger partial charge on any atom is 0.263 e. The van der Waals surface area contributed by atoms with E-state index in [0.29, 0.717) is 18.2 Å². The number of aryl methyl sites for hydroxylation is 1. The Bertz CT molecular complexity index is 1370. The number of carbonyl (C=O) groups is 1. The van der Waals surface area contributed by atoms with Gasteiger partial charge in [0.05, 0.1) is 0 Å². The average molecular weight is 494 g/mol. The summed E-state index contributed by atoms with van der Waals surface area (Å²) in [6.45, 7) is 2.50. The number of nitrogens with zero attached hydrogens (tertiary/aromatic N) is 1. The molecule has 4 rings (SSSR count). The lowest BCUT2D eigenvalue weighted by atomic mass is 10.2. The van der Waals surface area contributed by atoms with E-state index in [2.05, 4.69) is 15.0 Å². The van der Waals surface area contributed by atoms with E-state index in [1.165, 1.54) is 6.07 Å². The highest BCUT2D eigenvalue weighted by Crippen LogP contribution is 2.25. The van der Waals surface area contributed by atoms with Gasteiger partial charge in [0.2, 0.25) is 5.88 Å². The number of ether oxygens (including phenoxy) is 1. The molecule has 174 valence electrons. The summed E-state index contributed by atoms with van der Waals surface area (Å²) in [6, 6.07) is 21.7. The van der Waals surface area contributed by atoms with Crippen molar-refractivity contribution in [3.8, 4) is 5.88 Å². The van der Waals surface area contributed by atoms with Gasteiger partial charge in [0.15, 0.2) is 0 Å². The standard InChI is InChI=1S/C25H23N3O4S2/c1-18-7-9-21(10-8-18)28-34(30,31)22-12-14-33-24(22)25(29)27-16-20-11-13-26-23(15-20)32-17-19-5-3-2-4-6-19/h2-15,28H,16-17H2,1H3,(H,27,29). The summed E-state index contributed by atoms with van der Waals surface area (Å²) < 4.78 is 34.0. The van der Waals surface area contributed by atoms with Gasteiger partial charge in [0.1, 0.15) is 16.4 Å². The van der Waals surface area contributed by atoms with Gasteiger partial charge in [-0.3, -0.25) is 9.52 Å². The van der Waals surface area contributed by atoms with Crippen molar-refractivity contribution in [2.24, 2.45) is 0 Å². The molecule has 0 aliphatic rings. The van der Waals surface area contributed by atoms with Crippen LogP contribution in [0, 0.1) is 6.92 Å². The summed E-state index contributed by atoms with van der Waals surface area (Å²) in [5.41, 5.74) is 3.25. The summed E-state index contributed by atoms with van der Waals surface area (Å²) in [6.07, 6.45) is 1.61. The zero-order chi connectivity index (χ0) is 24.0. The molecule has 34 heavy (non-hydrogen) atoms. The SMILES string of the molecule is Cc1ccc(NS(=O)(=O)c2ccsc2C(=O)NCc2ccnc(OCc3ccccc3)c2)cc1. The third-order valence-electron chi connectivity index (χ3n) is 4.91. The molecule has 2 aromatic carbocycles. The van der Waals surface area contributed by atoms with Gasteiger partial charge in [-0.1, -0.05) is 48.0 Å². The van der Waals surface area contributed by atoms with Crippen LogP contribution in [-0.2, 0) is 23.2 Å². The van der Waals surface area contributed by atoms with Crippen molar-refractivity contribution in [1.82, 2.24) is 10.3 Å². The van der Waals surface area contributed by atoms with E-state index in [-0.39, 0.29) is 16.3 Å². The number of thiophene rings is 1. The number of sulfonamides is 1. The summed E-state index contributed by atoms with van der Waals surface area (Å²) in [5, 5.41) is 4.37. The second-order valence-corrected chi connectivity index (χ2v) is 10.1. The molecule has 0 saturated heterocycles. The highest BCUT2D eigenvalue weighted by Gasteiger charge is 2.24. The molecular weight excluding hydrogens is 470 g/mol. The van der Waals surface area contributed by atoms with Gasteiger partial charge in [-0.15, -0.1) is 11.3 Å². The number of rotatable bonds is 9. The van der Waals surface area contributed by atoms with Crippen LogP contribution in [0.15, 0.2) is 89.3 Å². The maximum absolute atomic E-state index is 12.9. The molecule has 0 radical (unpaired) electrons. The summed E-state index contributed by atoms with van der Waals surface area (Å²) >= 11 is 1.07. The molecule has 0 aliphatic carbocycles. The largest absolute Gasteiger partial charge is 0.473 e. The molecule has 9 heteroatoms. The number of benzene rings is 2. The second kappa shape index (κ2) is 10.5. The first-order valence-corrected chi connectivity index (χ1v) is 12.8. The van der Waals surface area contributed by atoms with Gasteiger partial charge >= 0.3 is 0 Å². The quantitative estimate of drug-likeness (QED) is 0.350. The third kappa shape index (κ3) is 6.00. The van der Waals surface area contributed by atoms with E-state index >= 15 is 0 Å². The van der Waals surface area contributed by atoms with Crippen molar-refractivity contribution >= 4 is 33.0 Å². The van der Waals surface area contributed by atoms with Gasteiger partial charge in [-0.05, 0) is 47.7 Å². The van der Waals surface area contributed by atoms with E-state index in [1.54, 1.807) is 35.8 Å². The molecule has 2 N–H and O–H groups in total. The average Bonchev–Trinajstić information content (AvgIpc) is 3.35. The fraction of sp³-hybridized carbons (Fsp3) is 0.120. The van der Waals surface area contributed by atoms with E-state index in [9.17, 15) is 13.2 Å². The lowest BCUT2D eigenvalue weighted by Crippen LogP contribution is -2.24. The molecule has 1 amide bonds. The van der Waals surface area contributed by atoms with Crippen LogP contribution in [0.3, 0.4) is 0 Å². The number of aromatic nitrogens is 1. The zero-order valence-electron chi connectivity index (χ0n) is 18.4. The predicted octanol–water partition coefficient (Wildman–Crippen LogP) is 4.76. The minimum Gasteiger partial charge on any atom is -0.473 e. The van der Waals surface area contributed by atoms with Crippen molar-refractivity contribution < 1.29 is 17.9 Å². The van der Waals surface area contributed by atoms with E-state index in [4.69, 9.17) is 4.74 Å². The topological polar surface area (TPSA) is 97.4 Å². The Morgan fingerprint density at radius 2 is 1.76 bits per heavy atom. The van der Waals surface area contributed by atoms with Crippen molar-refractivity contribution in [1.29, 1.82) is 0 Å². The first-order valence-electron chi connectivity index (χ1n) is 10.5. The molecular formula is C25H23N3O4S2. The third-order valence-corrected chi connectivity index (χ3v) is 7.38. The summed E-state index contributed by atoms with van der Waals surface area (Å²) in [4.78, 5) is 17.1. The van der Waals surface area contributed by atoms with Crippen molar-refractivity contribution in [2.75, 3.05) is 4.72 Å². The lowest BCUT2D eigenvalue weighted by molar-refractivity contribution is 0.0952. The minimum atomic E-state index is -3.91. The molecule has 0 spiro atoms. The van der Waals surface area contributed by atoms with Gasteiger partial charge in [0, 0.05) is 24.5 Å². The van der Waals surface area contributed by atoms with Gasteiger partial charge < -0.3 is 10.1 Å². The second-order valence-electron chi connectivity index (χ2n) is 7.54. The molecule has 2 heterocycles. The van der Waals surface area contributed by atoms with Crippen molar-refractivity contribution in [3.05, 3.63) is 106 Å². The van der Waals surface area contributed by atoms with E-state index < -0.39 is 15.9 Å². The monoisotopic (exact) mass is 493 g/mol. The van der Waals surface area contributed by atoms with Crippen LogP contribution in [-0.4, -0.2) is 19.3 Å². The zero-order valence-corrected chi connectivity index (χ0v) is 20.0. The Labute approximate surface area is 202 Å². The number of hydrogen-bond donors (Lipinski definition) is 2. The van der Waals surface area contributed by atoms with Gasteiger partial charge in [0.25, 0.3) is 15.9 Å². The number of carbonyl (C=O) groups excluding carboxylic acids is 1. The Hall–Kier alpha value is -3.69. The number of amides is 1. The molecule has 0 unspecified atom stereocenters. The van der Waals surface area contributed by atoms with E-state index in [0.717, 1.165) is 28.0 Å². The van der Waals surface area contributed by atoms with Crippen LogP contribution in [0.1, 0.15) is 26.4 Å². The Morgan fingerprint density at radius 3 is 2.53 bits per heavy atom. The fourth-order valence-electron chi connectivity index (χ4n) is 3.14. The molecule has 4 aromatic rings. The highest BCUT2D eigenvalue weighted by atomic mass is 32.2. The first kappa shape index (κ1) is 23.5. The van der Waals surface area contributed by atoms with Crippen LogP contribution in [0.4, 0.5) is 5.69 Å². The van der Waals surface area contributed by atoms with Crippen LogP contribution in [0.5, 0.6) is 5.88 Å². The predicted molar refractivity (Wildman–Crippen MR) is 132 cm³/mol.